The molecule has 2 unspecified atom stereocenters. The first-order valence-corrected chi connectivity index (χ1v) is 8.26. The Bertz CT molecular complexity index is 767. The van der Waals surface area contributed by atoms with Crippen LogP contribution < -0.4 is 33.0 Å². The highest BCUT2D eigenvalue weighted by Crippen LogP contribution is 2.55. The van der Waals surface area contributed by atoms with Gasteiger partial charge in [-0.05, 0) is 23.3 Å². The molecule has 0 radical (unpaired) electrons. The van der Waals surface area contributed by atoms with Crippen LogP contribution in [0, 0.1) is 0 Å². The zero-order valence-electron chi connectivity index (χ0n) is 14.2. The molecule has 22 heavy (non-hydrogen) atoms. The smallest absolute Gasteiger partial charge is 0.284 e. The van der Waals surface area contributed by atoms with E-state index in [4.69, 9.17) is 17.2 Å². The van der Waals surface area contributed by atoms with Crippen LogP contribution in [0.3, 0.4) is 0 Å². The summed E-state index contributed by atoms with van der Waals surface area (Å²) < 4.78 is 0. The van der Waals surface area contributed by atoms with Crippen LogP contribution in [0.1, 0.15) is 12.0 Å². The number of carbonyl (C=O) groups is 1. The number of allylic oxidation sites excluding steroid dienone is 1. The SMILES string of the molecule is BC1=CC(=O)C2(N)c3c(B)c(B)c(B)c(B)c3B(Cl)C2(B)C1. The molecule has 1 heterocycles. The van der Waals surface area contributed by atoms with E-state index >= 15 is 0 Å². The third-order valence-corrected chi connectivity index (χ3v) is 6.96. The fraction of sp³-hybridized carbons (Fsp3) is 0.250. The van der Waals surface area contributed by atoms with Gasteiger partial charge in [0.15, 0.2) is 5.78 Å². The maximum Gasteiger partial charge on any atom is 0.284 e. The lowest BCUT2D eigenvalue weighted by atomic mass is 9.33. The molecule has 104 valence electrons. The normalized spacial score (nSPS) is 30.0. The van der Waals surface area contributed by atoms with Gasteiger partial charge in [0.25, 0.3) is 6.13 Å². The topological polar surface area (TPSA) is 43.1 Å². The number of rotatable bonds is 0. The molecule has 10 heteroatoms. The Labute approximate surface area is 142 Å². The highest BCUT2D eigenvalue weighted by Gasteiger charge is 2.64. The van der Waals surface area contributed by atoms with Crippen LogP contribution in [-0.2, 0) is 10.3 Å². The maximum atomic E-state index is 12.9. The first kappa shape index (κ1) is 16.2. The van der Waals surface area contributed by atoms with Gasteiger partial charge < -0.3 is 5.73 Å². The summed E-state index contributed by atoms with van der Waals surface area (Å²) in [6, 6.07) is 0. The molecule has 0 bridgehead atoms. The minimum Gasteiger partial charge on any atom is -0.316 e. The molecule has 0 saturated heterocycles. The number of fused-ring (bicyclic) bond motifs is 3. The standard InChI is InChI=1S/C12H17B7ClNO/c13-3-1-4(22)12(21)5-6(14)7(15)8(16)9(17)10(5)19(20)11(12,18)2-3/h1H,2,13-18,21H2. The molecular weight excluding hydrogens is 285 g/mol. The van der Waals surface area contributed by atoms with Gasteiger partial charge in [0, 0.05) is 0 Å². The number of halogens is 1. The molecule has 2 aliphatic rings. The van der Waals surface area contributed by atoms with E-state index in [2.05, 4.69) is 39.2 Å². The molecule has 2 atom stereocenters. The second-order valence-corrected chi connectivity index (χ2v) is 7.84. The molecular formula is C12H17B7ClNO. The third-order valence-electron chi connectivity index (χ3n) is 6.26. The van der Waals surface area contributed by atoms with E-state index in [-0.39, 0.29) is 11.9 Å². The van der Waals surface area contributed by atoms with Crippen LogP contribution in [0.5, 0.6) is 0 Å². The average molecular weight is 302 g/mol. The lowest BCUT2D eigenvalue weighted by molar-refractivity contribution is -0.120. The lowest BCUT2D eigenvalue weighted by Gasteiger charge is -2.45. The van der Waals surface area contributed by atoms with Crippen LogP contribution in [0.25, 0.3) is 0 Å². The van der Waals surface area contributed by atoms with Gasteiger partial charge in [-0.25, -0.2) is 0 Å². The number of carbonyl (C=O) groups excluding carboxylic acids is 1. The van der Waals surface area contributed by atoms with Gasteiger partial charge in [-0.2, -0.15) is 11.5 Å². The largest absolute Gasteiger partial charge is 0.316 e. The number of benzene rings is 1. The summed E-state index contributed by atoms with van der Waals surface area (Å²) in [5, 5.41) is -0.470. The predicted molar refractivity (Wildman–Crippen MR) is 114 cm³/mol. The molecule has 0 fully saturated rings. The van der Waals surface area contributed by atoms with E-state index in [0.717, 1.165) is 28.4 Å². The molecule has 1 aliphatic heterocycles. The van der Waals surface area contributed by atoms with Crippen molar-refractivity contribution >= 4 is 97.8 Å². The molecule has 1 aromatic carbocycles. The monoisotopic (exact) mass is 303 g/mol. The summed E-state index contributed by atoms with van der Waals surface area (Å²) in [5.41, 5.74) is 13.7. The molecule has 2 nitrogen and oxygen atoms in total. The highest BCUT2D eigenvalue weighted by atomic mass is 35.5. The minimum absolute atomic E-state index is 0.00565. The van der Waals surface area contributed by atoms with Gasteiger partial charge in [0.05, 0.1) is 5.54 Å². The van der Waals surface area contributed by atoms with E-state index < -0.39 is 10.8 Å². The molecule has 0 spiro atoms. The molecule has 3 rings (SSSR count). The van der Waals surface area contributed by atoms with Crippen LogP contribution >= 0.6 is 11.5 Å². The van der Waals surface area contributed by atoms with E-state index in [1.807, 2.05) is 7.85 Å². The zero-order valence-corrected chi connectivity index (χ0v) is 15.0. The van der Waals surface area contributed by atoms with Gasteiger partial charge in [-0.1, -0.05) is 16.4 Å². The quantitative estimate of drug-likeness (QED) is 0.484. The summed E-state index contributed by atoms with van der Waals surface area (Å²) in [7, 11) is 12.5. The Morgan fingerprint density at radius 3 is 2.23 bits per heavy atom. The summed E-state index contributed by atoms with van der Waals surface area (Å²) in [6.07, 6.45) is 2.23. The van der Waals surface area contributed by atoms with Gasteiger partial charge in [-0.15, -0.1) is 16.4 Å². The maximum absolute atomic E-state index is 12.9. The second kappa shape index (κ2) is 4.67. The van der Waals surface area contributed by atoms with Crippen molar-refractivity contribution in [1.82, 2.24) is 0 Å². The Balaban J connectivity index is 2.46. The zero-order chi connectivity index (χ0) is 16.6. The molecule has 1 aromatic rings. The van der Waals surface area contributed by atoms with Crippen molar-refractivity contribution in [3.05, 3.63) is 17.1 Å². The average Bonchev–Trinajstić information content (AvgIpc) is 2.62. The Hall–Kier alpha value is -0.665. The summed E-state index contributed by atoms with van der Waals surface area (Å²) >= 11 is 6.92. The summed E-state index contributed by atoms with van der Waals surface area (Å²) in [6.45, 7) is 0. The molecule has 0 amide bonds. The lowest BCUT2D eigenvalue weighted by Crippen LogP contribution is -2.60. The van der Waals surface area contributed by atoms with Crippen LogP contribution in [0.15, 0.2) is 11.5 Å². The van der Waals surface area contributed by atoms with Crippen molar-refractivity contribution < 1.29 is 4.79 Å². The fourth-order valence-corrected chi connectivity index (χ4v) is 5.09. The summed E-state index contributed by atoms with van der Waals surface area (Å²) in [4.78, 5) is 12.9. The van der Waals surface area contributed by atoms with Gasteiger partial charge in [0.2, 0.25) is 0 Å². The van der Waals surface area contributed by atoms with E-state index in [1.165, 1.54) is 16.4 Å². The van der Waals surface area contributed by atoms with Crippen molar-refractivity contribution in [1.29, 1.82) is 0 Å². The second-order valence-electron chi connectivity index (χ2n) is 7.41. The first-order chi connectivity index (χ1) is 10.1. The van der Waals surface area contributed by atoms with E-state index in [0.29, 0.717) is 0 Å². The Morgan fingerprint density at radius 1 is 1.09 bits per heavy atom. The third kappa shape index (κ3) is 1.62. The number of nitrogens with two attached hydrogens (primary N) is 1. The minimum atomic E-state index is -1.01. The number of ketones is 1. The van der Waals surface area contributed by atoms with Crippen LogP contribution in [0.2, 0.25) is 5.21 Å². The van der Waals surface area contributed by atoms with Gasteiger partial charge in [0.1, 0.15) is 47.1 Å². The Kier molecular flexibility index (Phi) is 3.44. The molecule has 2 N–H and O–H groups in total. The van der Waals surface area contributed by atoms with Crippen molar-refractivity contribution in [2.45, 2.75) is 17.2 Å². The first-order valence-electron chi connectivity index (χ1n) is 7.82. The number of hydrogen-bond donors (Lipinski definition) is 1. The number of hydrogen-bond acceptors (Lipinski definition) is 2. The van der Waals surface area contributed by atoms with Crippen molar-refractivity contribution in [3.63, 3.8) is 0 Å². The molecule has 0 aromatic heterocycles. The van der Waals surface area contributed by atoms with E-state index in [1.54, 1.807) is 6.08 Å². The molecule has 0 saturated carbocycles. The fourth-order valence-electron chi connectivity index (χ4n) is 4.57. The Morgan fingerprint density at radius 2 is 1.64 bits per heavy atom. The molecule has 1 aliphatic carbocycles. The summed E-state index contributed by atoms with van der Waals surface area (Å²) in [5.74, 6) is -0.00565. The van der Waals surface area contributed by atoms with Crippen LogP contribution in [-0.4, -0.2) is 59.0 Å². The van der Waals surface area contributed by atoms with Gasteiger partial charge >= 0.3 is 0 Å². The van der Waals surface area contributed by atoms with E-state index in [9.17, 15) is 4.79 Å². The van der Waals surface area contributed by atoms with Crippen molar-refractivity contribution in [3.8, 4) is 0 Å². The van der Waals surface area contributed by atoms with Gasteiger partial charge in [-0.3, -0.25) is 4.79 Å². The van der Waals surface area contributed by atoms with Crippen molar-refractivity contribution in [2.75, 3.05) is 0 Å². The highest BCUT2D eigenvalue weighted by molar-refractivity contribution is 7.20. The predicted octanol–water partition coefficient (Wildman–Crippen LogP) is -7.85. The van der Waals surface area contributed by atoms with Crippen LogP contribution in [0.4, 0.5) is 0 Å². The van der Waals surface area contributed by atoms with Crippen molar-refractivity contribution in [2.24, 2.45) is 5.73 Å².